The summed E-state index contributed by atoms with van der Waals surface area (Å²) >= 11 is 0. The summed E-state index contributed by atoms with van der Waals surface area (Å²) in [6, 6.07) is -0.578. The molecular formula is C17H34N6O4. The van der Waals surface area contributed by atoms with E-state index in [4.69, 9.17) is 16.2 Å². The molecule has 1 fully saturated rings. The zero-order valence-electron chi connectivity index (χ0n) is 16.6. The first-order valence-electron chi connectivity index (χ1n) is 9.48. The van der Waals surface area contributed by atoms with Gasteiger partial charge in [-0.3, -0.25) is 4.79 Å². The van der Waals surface area contributed by atoms with Crippen LogP contribution in [0.2, 0.25) is 0 Å². The van der Waals surface area contributed by atoms with Crippen LogP contribution in [-0.4, -0.2) is 59.7 Å². The average molecular weight is 386 g/mol. The number of nitrogens with one attached hydrogen (secondary N) is 1. The molecule has 10 heteroatoms. The highest BCUT2D eigenvalue weighted by Crippen LogP contribution is 2.22. The minimum atomic E-state index is -0.771. The Balaban J connectivity index is 2.24. The molecule has 5 N–H and O–H groups in total. The monoisotopic (exact) mass is 386 g/mol. The molecule has 1 saturated heterocycles. The van der Waals surface area contributed by atoms with Crippen LogP contribution in [0.5, 0.6) is 0 Å². The van der Waals surface area contributed by atoms with E-state index in [0.29, 0.717) is 18.8 Å². The Morgan fingerprint density at radius 2 is 2.04 bits per heavy atom. The number of hydrazine groups is 1. The molecule has 0 aliphatic carbocycles. The average Bonchev–Trinajstić information content (AvgIpc) is 2.56. The van der Waals surface area contributed by atoms with E-state index < -0.39 is 11.1 Å². The van der Waals surface area contributed by atoms with Gasteiger partial charge in [0.05, 0.1) is 11.6 Å². The van der Waals surface area contributed by atoms with Crippen molar-refractivity contribution < 1.29 is 14.6 Å². The van der Waals surface area contributed by atoms with Crippen LogP contribution in [-0.2, 0) is 9.53 Å². The quantitative estimate of drug-likeness (QED) is 0.173. The number of nitro groups is 1. The van der Waals surface area contributed by atoms with Crippen LogP contribution in [0.25, 0.3) is 0 Å². The molecule has 1 aliphatic rings. The van der Waals surface area contributed by atoms with Gasteiger partial charge >= 0.3 is 0 Å². The predicted octanol–water partition coefficient (Wildman–Crippen LogP) is 0.634. The summed E-state index contributed by atoms with van der Waals surface area (Å²) < 4.78 is 5.78. The van der Waals surface area contributed by atoms with Crippen LogP contribution in [0.3, 0.4) is 0 Å². The summed E-state index contributed by atoms with van der Waals surface area (Å²) in [7, 11) is 0. The van der Waals surface area contributed by atoms with Crippen LogP contribution < -0.4 is 16.9 Å². The zero-order chi connectivity index (χ0) is 20.4. The third-order valence-electron chi connectivity index (χ3n) is 4.47. The molecule has 0 unspecified atom stereocenters. The van der Waals surface area contributed by atoms with E-state index >= 15 is 0 Å². The van der Waals surface area contributed by atoms with Gasteiger partial charge < -0.3 is 21.1 Å². The fourth-order valence-corrected chi connectivity index (χ4v) is 2.97. The molecule has 1 rings (SSSR count). The molecule has 0 radical (unpaired) electrons. The first-order valence-corrected chi connectivity index (χ1v) is 9.48. The fourth-order valence-electron chi connectivity index (χ4n) is 2.97. The smallest absolute Gasteiger partial charge is 0.251 e. The second-order valence-electron chi connectivity index (χ2n) is 7.90. The van der Waals surface area contributed by atoms with Crippen LogP contribution in [0.1, 0.15) is 52.9 Å². The van der Waals surface area contributed by atoms with Gasteiger partial charge in [-0.2, -0.15) is 0 Å². The number of hydrogen-bond donors (Lipinski definition) is 3. The summed E-state index contributed by atoms with van der Waals surface area (Å²) in [4.78, 5) is 28.3. The largest absolute Gasteiger partial charge is 0.376 e. The van der Waals surface area contributed by atoms with Crippen molar-refractivity contribution in [2.24, 2.45) is 22.4 Å². The number of rotatable bonds is 9. The number of guanidine groups is 1. The molecule has 1 aliphatic heterocycles. The highest BCUT2D eigenvalue weighted by atomic mass is 16.7. The lowest BCUT2D eigenvalue weighted by molar-refractivity contribution is -0.525. The number of carbonyl (C=O) groups excluding carboxylic acids is 1. The molecule has 0 bridgehead atoms. The molecule has 10 nitrogen and oxygen atoms in total. The van der Waals surface area contributed by atoms with E-state index in [1.54, 1.807) is 5.43 Å². The molecule has 0 aromatic carbocycles. The van der Waals surface area contributed by atoms with E-state index in [1.165, 1.54) is 0 Å². The van der Waals surface area contributed by atoms with Crippen LogP contribution >= 0.6 is 0 Å². The van der Waals surface area contributed by atoms with Gasteiger partial charge in [-0.05, 0) is 58.8 Å². The fraction of sp³-hybridized carbons (Fsp3) is 0.882. The second kappa shape index (κ2) is 11.0. The Morgan fingerprint density at radius 3 is 2.59 bits per heavy atom. The van der Waals surface area contributed by atoms with Crippen molar-refractivity contribution >= 4 is 11.9 Å². The van der Waals surface area contributed by atoms with Gasteiger partial charge in [-0.1, -0.05) is 5.43 Å². The lowest BCUT2D eigenvalue weighted by atomic mass is 9.93. The third-order valence-corrected chi connectivity index (χ3v) is 4.47. The summed E-state index contributed by atoms with van der Waals surface area (Å²) in [5, 5.41) is 9.43. The van der Waals surface area contributed by atoms with Gasteiger partial charge in [0.15, 0.2) is 5.03 Å². The highest BCUT2D eigenvalue weighted by molar-refractivity contribution is 5.81. The number of carbonyl (C=O) groups is 1. The minimum absolute atomic E-state index is 0.0419. The van der Waals surface area contributed by atoms with Gasteiger partial charge in [-0.15, -0.1) is 0 Å². The van der Waals surface area contributed by atoms with E-state index in [-0.39, 0.29) is 24.0 Å². The second-order valence-corrected chi connectivity index (χ2v) is 7.90. The van der Waals surface area contributed by atoms with Crippen molar-refractivity contribution in [3.63, 3.8) is 0 Å². The van der Waals surface area contributed by atoms with Crippen molar-refractivity contribution in [1.29, 1.82) is 0 Å². The lowest BCUT2D eigenvalue weighted by Crippen LogP contribution is -2.47. The van der Waals surface area contributed by atoms with Gasteiger partial charge in [0.25, 0.3) is 5.96 Å². The third kappa shape index (κ3) is 10.1. The Hall–Kier alpha value is -1.94. The topological polar surface area (TPSA) is 149 Å². The molecule has 0 aromatic rings. The standard InChI is InChI=1S/C17H34N6O4/c1-17(2,3)27-12-8-13-6-10-22(11-7-13)15(24)14(18)5-4-9-20-16(19)21-23(25)26/h13-14H,4-12,18H2,1-3H3,(H3,19,20,21)/t14-/m0/s1. The predicted molar refractivity (Wildman–Crippen MR) is 103 cm³/mol. The number of aliphatic imine (C=N–C) groups is 1. The number of nitrogens with two attached hydrogens (primary N) is 2. The molecule has 1 heterocycles. The van der Waals surface area contributed by atoms with Crippen molar-refractivity contribution in [3.8, 4) is 0 Å². The number of likely N-dealkylation sites (tertiary alicyclic amines) is 1. The maximum Gasteiger partial charge on any atom is 0.251 e. The van der Waals surface area contributed by atoms with Crippen molar-refractivity contribution in [1.82, 2.24) is 10.3 Å². The van der Waals surface area contributed by atoms with Crippen LogP contribution in [0.4, 0.5) is 0 Å². The summed E-state index contributed by atoms with van der Waals surface area (Å²) in [6.07, 6.45) is 3.96. The van der Waals surface area contributed by atoms with Crippen molar-refractivity contribution in [2.45, 2.75) is 64.5 Å². The van der Waals surface area contributed by atoms with E-state index in [2.05, 4.69) is 4.99 Å². The Bertz CT molecular complexity index is 512. The highest BCUT2D eigenvalue weighted by Gasteiger charge is 2.26. The Kier molecular flexibility index (Phi) is 9.44. The number of nitrogens with zero attached hydrogens (tertiary/aromatic N) is 3. The first kappa shape index (κ1) is 23.1. The number of amides is 1. The summed E-state index contributed by atoms with van der Waals surface area (Å²) in [5.74, 6) is 0.288. The lowest BCUT2D eigenvalue weighted by Gasteiger charge is -2.34. The normalized spacial score (nSPS) is 17.6. The van der Waals surface area contributed by atoms with E-state index in [0.717, 1.165) is 39.0 Å². The molecule has 0 spiro atoms. The van der Waals surface area contributed by atoms with Crippen LogP contribution in [0.15, 0.2) is 4.99 Å². The van der Waals surface area contributed by atoms with Gasteiger partial charge in [0, 0.05) is 26.2 Å². The molecule has 0 saturated carbocycles. The van der Waals surface area contributed by atoms with Gasteiger partial charge in [-0.25, -0.2) is 15.1 Å². The first-order chi connectivity index (χ1) is 12.6. The van der Waals surface area contributed by atoms with Crippen molar-refractivity contribution in [2.75, 3.05) is 26.2 Å². The van der Waals surface area contributed by atoms with Crippen molar-refractivity contribution in [3.05, 3.63) is 10.1 Å². The van der Waals surface area contributed by atoms with E-state index in [9.17, 15) is 14.9 Å². The minimum Gasteiger partial charge on any atom is -0.376 e. The number of hydrogen-bond acceptors (Lipinski definition) is 6. The maximum absolute atomic E-state index is 12.4. The molecule has 1 atom stereocenters. The Labute approximate surface area is 160 Å². The molecule has 156 valence electrons. The molecule has 1 amide bonds. The van der Waals surface area contributed by atoms with E-state index in [1.807, 2.05) is 25.7 Å². The number of ether oxygens (including phenoxy) is 1. The SMILES string of the molecule is CC(C)(C)OCCC1CCN(C(=O)[C@@H](N)CCCN=C(N)N[N+](=O)[O-])CC1. The molecule has 0 aromatic heterocycles. The maximum atomic E-state index is 12.4. The molecule has 27 heavy (non-hydrogen) atoms. The van der Waals surface area contributed by atoms with Crippen LogP contribution in [0, 0.1) is 16.0 Å². The Morgan fingerprint density at radius 1 is 1.41 bits per heavy atom. The summed E-state index contributed by atoms with van der Waals surface area (Å²) in [5.41, 5.74) is 13.0. The van der Waals surface area contributed by atoms with Gasteiger partial charge in [0.2, 0.25) is 5.91 Å². The zero-order valence-corrected chi connectivity index (χ0v) is 16.6. The summed E-state index contributed by atoms with van der Waals surface area (Å²) in [6.45, 7) is 8.63. The molecular weight excluding hydrogens is 352 g/mol. The number of piperidine rings is 1. The van der Waals surface area contributed by atoms with Gasteiger partial charge in [0.1, 0.15) is 0 Å².